The van der Waals surface area contributed by atoms with Crippen LogP contribution in [0.5, 0.6) is 5.75 Å². The third-order valence-electron chi connectivity index (χ3n) is 4.55. The van der Waals surface area contributed by atoms with Gasteiger partial charge in [0.25, 0.3) is 5.91 Å². The molecule has 3 aromatic rings. The van der Waals surface area contributed by atoms with Crippen LogP contribution in [0.25, 0.3) is 0 Å². The molecule has 0 bridgehead atoms. The lowest BCUT2D eigenvalue weighted by atomic mass is 10.0. The molecule has 0 spiro atoms. The van der Waals surface area contributed by atoms with Gasteiger partial charge in [0, 0.05) is 16.1 Å². The van der Waals surface area contributed by atoms with E-state index in [1.54, 1.807) is 49.4 Å². The Morgan fingerprint density at radius 3 is 2.41 bits per heavy atom. The number of halogens is 1. The molecule has 4 nitrogen and oxygen atoms in total. The first-order valence-electron chi connectivity index (χ1n) is 9.44. The van der Waals surface area contributed by atoms with Crippen molar-refractivity contribution < 1.29 is 14.3 Å². The molecule has 0 saturated carbocycles. The van der Waals surface area contributed by atoms with E-state index in [1.165, 1.54) is 0 Å². The number of carbonyl (C=O) groups is 2. The van der Waals surface area contributed by atoms with Crippen molar-refractivity contribution in [1.82, 2.24) is 0 Å². The number of para-hydroxylation sites is 1. The fourth-order valence-corrected chi connectivity index (χ4v) is 3.12. The van der Waals surface area contributed by atoms with E-state index in [4.69, 9.17) is 16.3 Å². The smallest absolute Gasteiger partial charge is 0.265 e. The summed E-state index contributed by atoms with van der Waals surface area (Å²) >= 11 is 6.10. The van der Waals surface area contributed by atoms with E-state index < -0.39 is 6.10 Å². The average Bonchev–Trinajstić information content (AvgIpc) is 2.75. The molecule has 0 radical (unpaired) electrons. The van der Waals surface area contributed by atoms with Gasteiger partial charge in [-0.2, -0.15) is 0 Å². The minimum Gasteiger partial charge on any atom is -0.481 e. The lowest BCUT2D eigenvalue weighted by Crippen LogP contribution is -2.31. The largest absolute Gasteiger partial charge is 0.481 e. The monoisotopic (exact) mass is 407 g/mol. The Kier molecular flexibility index (Phi) is 6.68. The summed E-state index contributed by atoms with van der Waals surface area (Å²) < 4.78 is 5.86. The zero-order valence-corrected chi connectivity index (χ0v) is 17.1. The first-order chi connectivity index (χ1) is 14.0. The Morgan fingerprint density at radius 1 is 1.00 bits per heavy atom. The van der Waals surface area contributed by atoms with E-state index in [1.807, 2.05) is 37.3 Å². The molecule has 5 heteroatoms. The second-order valence-corrected chi connectivity index (χ2v) is 7.03. The highest BCUT2D eigenvalue weighted by atomic mass is 35.5. The van der Waals surface area contributed by atoms with E-state index in [9.17, 15) is 9.59 Å². The summed E-state index contributed by atoms with van der Waals surface area (Å²) in [5.41, 5.74) is 2.27. The van der Waals surface area contributed by atoms with Crippen molar-refractivity contribution in [3.8, 4) is 5.75 Å². The Balaban J connectivity index is 1.81. The molecule has 0 fully saturated rings. The van der Waals surface area contributed by atoms with E-state index >= 15 is 0 Å². The van der Waals surface area contributed by atoms with Crippen molar-refractivity contribution in [3.05, 3.63) is 94.5 Å². The number of hydrogen-bond donors (Lipinski definition) is 1. The van der Waals surface area contributed by atoms with Crippen LogP contribution in [-0.4, -0.2) is 17.8 Å². The Morgan fingerprint density at radius 2 is 1.69 bits per heavy atom. The zero-order valence-electron chi connectivity index (χ0n) is 16.3. The molecule has 3 rings (SSSR count). The Hall–Kier alpha value is -3.11. The van der Waals surface area contributed by atoms with Crippen LogP contribution >= 0.6 is 11.6 Å². The fourth-order valence-electron chi connectivity index (χ4n) is 2.95. The van der Waals surface area contributed by atoms with Gasteiger partial charge in [-0.1, -0.05) is 67.1 Å². The van der Waals surface area contributed by atoms with Crippen LogP contribution in [0.2, 0.25) is 5.02 Å². The van der Waals surface area contributed by atoms with Crippen LogP contribution in [0, 0.1) is 0 Å². The topological polar surface area (TPSA) is 55.4 Å². The lowest BCUT2D eigenvalue weighted by Gasteiger charge is -2.18. The number of aryl methyl sites for hydroxylation is 1. The lowest BCUT2D eigenvalue weighted by molar-refractivity contribution is -0.122. The van der Waals surface area contributed by atoms with Gasteiger partial charge >= 0.3 is 0 Å². The van der Waals surface area contributed by atoms with Crippen LogP contribution in [0.3, 0.4) is 0 Å². The van der Waals surface area contributed by atoms with Crippen molar-refractivity contribution in [1.29, 1.82) is 0 Å². The summed E-state index contributed by atoms with van der Waals surface area (Å²) in [5.74, 6) is 0.114. The molecule has 0 aliphatic carbocycles. The van der Waals surface area contributed by atoms with Gasteiger partial charge in [0.05, 0.1) is 5.69 Å². The van der Waals surface area contributed by atoms with Crippen molar-refractivity contribution in [2.75, 3.05) is 5.32 Å². The number of amides is 1. The number of anilines is 1. The quantitative estimate of drug-likeness (QED) is 0.523. The van der Waals surface area contributed by atoms with Crippen LogP contribution in [0.15, 0.2) is 72.8 Å². The van der Waals surface area contributed by atoms with Gasteiger partial charge in [0.1, 0.15) is 5.75 Å². The van der Waals surface area contributed by atoms with E-state index in [2.05, 4.69) is 5.32 Å². The number of ether oxygens (including phenoxy) is 1. The molecular formula is C24H22ClNO3. The van der Waals surface area contributed by atoms with Gasteiger partial charge in [-0.25, -0.2) is 0 Å². The SMILES string of the molecule is CCc1ccccc1OC(C)C(=O)Nc1ccc(Cl)cc1C(=O)c1ccccc1. The van der Waals surface area contributed by atoms with E-state index in [0.717, 1.165) is 12.0 Å². The molecule has 0 saturated heterocycles. The van der Waals surface area contributed by atoms with Crippen LogP contribution < -0.4 is 10.1 Å². The van der Waals surface area contributed by atoms with Crippen LogP contribution in [0.1, 0.15) is 35.3 Å². The molecule has 1 unspecified atom stereocenters. The van der Waals surface area contributed by atoms with Crippen molar-refractivity contribution in [2.24, 2.45) is 0 Å². The summed E-state index contributed by atoms with van der Waals surface area (Å²) in [6.45, 7) is 3.71. The normalized spacial score (nSPS) is 11.6. The number of hydrogen-bond acceptors (Lipinski definition) is 3. The van der Waals surface area contributed by atoms with Gasteiger partial charge in [-0.05, 0) is 43.2 Å². The highest BCUT2D eigenvalue weighted by molar-refractivity contribution is 6.31. The second-order valence-electron chi connectivity index (χ2n) is 6.60. The summed E-state index contributed by atoms with van der Waals surface area (Å²) in [6.07, 6.45) is 0.0651. The zero-order chi connectivity index (χ0) is 20.8. The minimum absolute atomic E-state index is 0.215. The number of rotatable bonds is 7. The number of carbonyl (C=O) groups excluding carboxylic acids is 2. The van der Waals surface area contributed by atoms with Crippen LogP contribution in [-0.2, 0) is 11.2 Å². The van der Waals surface area contributed by atoms with Crippen LogP contribution in [0.4, 0.5) is 5.69 Å². The van der Waals surface area contributed by atoms with Gasteiger partial charge < -0.3 is 10.1 Å². The van der Waals surface area contributed by atoms with E-state index in [0.29, 0.717) is 27.6 Å². The van der Waals surface area contributed by atoms with Crippen molar-refractivity contribution in [2.45, 2.75) is 26.4 Å². The Bertz CT molecular complexity index is 1020. The molecule has 29 heavy (non-hydrogen) atoms. The molecule has 0 heterocycles. The van der Waals surface area contributed by atoms with Crippen molar-refractivity contribution >= 4 is 29.0 Å². The molecular weight excluding hydrogens is 386 g/mol. The minimum atomic E-state index is -0.738. The highest BCUT2D eigenvalue weighted by Crippen LogP contribution is 2.25. The second kappa shape index (κ2) is 9.39. The van der Waals surface area contributed by atoms with Gasteiger partial charge in [-0.15, -0.1) is 0 Å². The maximum absolute atomic E-state index is 12.9. The van der Waals surface area contributed by atoms with Crippen molar-refractivity contribution in [3.63, 3.8) is 0 Å². The van der Waals surface area contributed by atoms with E-state index in [-0.39, 0.29) is 11.7 Å². The summed E-state index contributed by atoms with van der Waals surface area (Å²) in [7, 11) is 0. The highest BCUT2D eigenvalue weighted by Gasteiger charge is 2.20. The average molecular weight is 408 g/mol. The number of ketones is 1. The molecule has 1 N–H and O–H groups in total. The standard InChI is InChI=1S/C24H22ClNO3/c1-3-17-9-7-8-12-22(17)29-16(2)24(28)26-21-14-13-19(25)15-20(21)23(27)18-10-5-4-6-11-18/h4-16H,3H2,1-2H3,(H,26,28). The molecule has 0 aromatic heterocycles. The molecule has 1 atom stereocenters. The third kappa shape index (κ3) is 5.04. The first kappa shape index (κ1) is 20.6. The summed E-state index contributed by atoms with van der Waals surface area (Å²) in [4.78, 5) is 25.6. The predicted octanol–water partition coefficient (Wildman–Crippen LogP) is 5.54. The molecule has 1 amide bonds. The van der Waals surface area contributed by atoms with Gasteiger partial charge in [0.2, 0.25) is 0 Å². The Labute approximate surface area is 175 Å². The molecule has 0 aliphatic rings. The maximum Gasteiger partial charge on any atom is 0.265 e. The summed E-state index contributed by atoms with van der Waals surface area (Å²) in [6, 6.07) is 21.3. The molecule has 3 aromatic carbocycles. The molecule has 148 valence electrons. The number of benzene rings is 3. The third-order valence-corrected chi connectivity index (χ3v) is 4.78. The predicted molar refractivity (Wildman–Crippen MR) is 116 cm³/mol. The summed E-state index contributed by atoms with van der Waals surface area (Å²) in [5, 5.41) is 3.22. The van der Waals surface area contributed by atoms with Gasteiger partial charge in [0.15, 0.2) is 11.9 Å². The fraction of sp³-hybridized carbons (Fsp3) is 0.167. The van der Waals surface area contributed by atoms with Gasteiger partial charge in [-0.3, -0.25) is 9.59 Å². The maximum atomic E-state index is 12.9. The molecule has 0 aliphatic heterocycles. The first-order valence-corrected chi connectivity index (χ1v) is 9.82. The number of nitrogens with one attached hydrogen (secondary N) is 1.